The lowest BCUT2D eigenvalue weighted by atomic mass is 9.81. The van der Waals surface area contributed by atoms with Gasteiger partial charge in [-0.05, 0) is 110 Å². The fourth-order valence-electron chi connectivity index (χ4n) is 11.1. The molecule has 0 bridgehead atoms. The van der Waals surface area contributed by atoms with E-state index in [4.69, 9.17) is 0 Å². The Bertz CT molecular complexity index is 3680. The monoisotopic (exact) mass is 841 g/mol. The number of hydrogen-bond acceptors (Lipinski definition) is 3. The van der Waals surface area contributed by atoms with Gasteiger partial charge < -0.3 is 4.90 Å². The van der Waals surface area contributed by atoms with Crippen LogP contribution in [0.25, 0.3) is 84.9 Å². The minimum absolute atomic E-state index is 0.150. The molecule has 1 nitrogen and oxygen atoms in total. The SMILES string of the molecule is CC1(C)c2ccccc2-c2ccc(N(c3ccc(-c4cccc5c4sc4ccccc45)cc3)c3c4c(cc5sc6ccccc6c35)C(C)(C)c3ccc(-c5ccccc5)cc3-4)cc21. The van der Waals surface area contributed by atoms with Crippen LogP contribution in [0.3, 0.4) is 0 Å². The van der Waals surface area contributed by atoms with E-state index in [-0.39, 0.29) is 10.8 Å². The van der Waals surface area contributed by atoms with Crippen molar-refractivity contribution in [2.45, 2.75) is 38.5 Å². The smallest absolute Gasteiger partial charge is 0.0636 e. The Labute approximate surface area is 376 Å². The first-order chi connectivity index (χ1) is 30.8. The molecule has 63 heavy (non-hydrogen) atoms. The van der Waals surface area contributed by atoms with Gasteiger partial charge in [-0.3, -0.25) is 0 Å². The van der Waals surface area contributed by atoms with Gasteiger partial charge in [-0.25, -0.2) is 0 Å². The molecule has 0 atom stereocenters. The number of benzene rings is 9. The van der Waals surface area contributed by atoms with Crippen LogP contribution < -0.4 is 4.90 Å². The van der Waals surface area contributed by atoms with Crippen LogP contribution in [-0.4, -0.2) is 0 Å². The number of thiophene rings is 2. The largest absolute Gasteiger partial charge is 0.309 e. The van der Waals surface area contributed by atoms with Crippen LogP contribution in [-0.2, 0) is 10.8 Å². The molecule has 0 aliphatic heterocycles. The molecule has 0 amide bonds. The topological polar surface area (TPSA) is 3.24 Å². The standard InChI is InChI=1S/C60H43NS2/c1-59(2)48-22-11-8-17-42(48)43-31-30-40(34-50(43)59)61(39-28-25-37(26-29-39)41-20-14-21-45-44-18-9-12-23-52(44)63-58(41)45)57-55-47-33-38(36-15-6-5-7-16-36)27-32-49(47)60(3,4)51(55)35-54-56(57)46-19-10-13-24-53(46)62-54/h5-35H,1-4H3. The Morgan fingerprint density at radius 1 is 0.365 bits per heavy atom. The van der Waals surface area contributed by atoms with Crippen LogP contribution in [0.1, 0.15) is 49.9 Å². The summed E-state index contributed by atoms with van der Waals surface area (Å²) in [7, 11) is 0. The summed E-state index contributed by atoms with van der Waals surface area (Å²) in [5.41, 5.74) is 19.0. The van der Waals surface area contributed by atoms with Gasteiger partial charge in [-0.15, -0.1) is 22.7 Å². The van der Waals surface area contributed by atoms with E-state index >= 15 is 0 Å². The predicted molar refractivity (Wildman–Crippen MR) is 273 cm³/mol. The zero-order valence-corrected chi connectivity index (χ0v) is 37.3. The van der Waals surface area contributed by atoms with Crippen molar-refractivity contribution in [3.05, 3.63) is 210 Å². The molecule has 2 aliphatic carbocycles. The van der Waals surface area contributed by atoms with Gasteiger partial charge in [0.15, 0.2) is 0 Å². The van der Waals surface area contributed by atoms with Crippen molar-refractivity contribution < 1.29 is 0 Å². The van der Waals surface area contributed by atoms with Gasteiger partial charge >= 0.3 is 0 Å². The summed E-state index contributed by atoms with van der Waals surface area (Å²) < 4.78 is 5.30. The van der Waals surface area contributed by atoms with Crippen molar-refractivity contribution in [3.8, 4) is 44.5 Å². The summed E-state index contributed by atoms with van der Waals surface area (Å²) in [6, 6.07) is 70.9. The number of nitrogens with zero attached hydrogens (tertiary/aromatic N) is 1. The maximum atomic E-state index is 2.61. The Balaban J connectivity index is 1.11. The minimum Gasteiger partial charge on any atom is -0.309 e. The highest BCUT2D eigenvalue weighted by atomic mass is 32.1. The lowest BCUT2D eigenvalue weighted by Crippen LogP contribution is -2.18. The highest BCUT2D eigenvalue weighted by Crippen LogP contribution is 2.60. The van der Waals surface area contributed by atoms with Crippen molar-refractivity contribution in [2.75, 3.05) is 4.90 Å². The van der Waals surface area contributed by atoms with Crippen molar-refractivity contribution in [1.29, 1.82) is 0 Å². The van der Waals surface area contributed by atoms with Crippen LogP contribution in [0.5, 0.6) is 0 Å². The Morgan fingerprint density at radius 3 is 1.81 bits per heavy atom. The molecule has 0 unspecified atom stereocenters. The van der Waals surface area contributed by atoms with Crippen molar-refractivity contribution in [3.63, 3.8) is 0 Å². The molecule has 3 heteroatoms. The number of hydrogen-bond donors (Lipinski definition) is 0. The minimum atomic E-state index is -0.209. The Hall–Kier alpha value is -6.78. The number of fused-ring (bicyclic) bond motifs is 12. The molecular weight excluding hydrogens is 799 g/mol. The molecule has 11 aromatic rings. The van der Waals surface area contributed by atoms with Crippen LogP contribution in [0, 0.1) is 0 Å². The summed E-state index contributed by atoms with van der Waals surface area (Å²) in [5.74, 6) is 0. The molecule has 0 N–H and O–H groups in total. The lowest BCUT2D eigenvalue weighted by molar-refractivity contribution is 0.660. The second kappa shape index (κ2) is 13.4. The zero-order chi connectivity index (χ0) is 42.2. The fraction of sp³-hybridized carbons (Fsp3) is 0.100. The van der Waals surface area contributed by atoms with Crippen molar-refractivity contribution >= 4 is 80.1 Å². The molecule has 0 spiro atoms. The van der Waals surface area contributed by atoms with Crippen LogP contribution in [0.2, 0.25) is 0 Å². The van der Waals surface area contributed by atoms with Gasteiger partial charge in [-0.2, -0.15) is 0 Å². The van der Waals surface area contributed by atoms with Gasteiger partial charge in [0.25, 0.3) is 0 Å². The molecule has 0 saturated heterocycles. The predicted octanol–water partition coefficient (Wildman–Crippen LogP) is 17.8. The maximum Gasteiger partial charge on any atom is 0.0636 e. The fourth-order valence-corrected chi connectivity index (χ4v) is 13.5. The van der Waals surface area contributed by atoms with Gasteiger partial charge in [0.2, 0.25) is 0 Å². The van der Waals surface area contributed by atoms with Gasteiger partial charge in [0, 0.05) is 68.1 Å². The molecule has 9 aromatic carbocycles. The molecule has 300 valence electrons. The van der Waals surface area contributed by atoms with E-state index in [2.05, 4.69) is 221 Å². The second-order valence-electron chi connectivity index (χ2n) is 18.4. The van der Waals surface area contributed by atoms with E-state index in [1.54, 1.807) is 0 Å². The molecule has 2 aromatic heterocycles. The highest BCUT2D eigenvalue weighted by Gasteiger charge is 2.41. The average Bonchev–Trinajstić information content (AvgIpc) is 4.02. The third-order valence-electron chi connectivity index (χ3n) is 14.3. The van der Waals surface area contributed by atoms with E-state index in [1.807, 2.05) is 22.7 Å². The first-order valence-electron chi connectivity index (χ1n) is 22.0. The van der Waals surface area contributed by atoms with E-state index < -0.39 is 0 Å². The molecule has 2 aliphatic rings. The maximum absolute atomic E-state index is 2.61. The van der Waals surface area contributed by atoms with E-state index in [9.17, 15) is 0 Å². The molecule has 13 rings (SSSR count). The molecule has 0 radical (unpaired) electrons. The Kier molecular flexibility index (Phi) is 7.81. The van der Waals surface area contributed by atoms with Crippen molar-refractivity contribution in [2.24, 2.45) is 0 Å². The Morgan fingerprint density at radius 2 is 0.984 bits per heavy atom. The quantitative estimate of drug-likeness (QED) is 0.167. The lowest BCUT2D eigenvalue weighted by Gasteiger charge is -2.31. The van der Waals surface area contributed by atoms with Crippen molar-refractivity contribution in [1.82, 2.24) is 0 Å². The van der Waals surface area contributed by atoms with E-state index in [0.717, 1.165) is 5.69 Å². The van der Waals surface area contributed by atoms with Gasteiger partial charge in [0.05, 0.1) is 5.69 Å². The van der Waals surface area contributed by atoms with Gasteiger partial charge in [-0.1, -0.05) is 167 Å². The average molecular weight is 842 g/mol. The van der Waals surface area contributed by atoms with Gasteiger partial charge in [0.1, 0.15) is 0 Å². The summed E-state index contributed by atoms with van der Waals surface area (Å²) in [4.78, 5) is 2.61. The number of rotatable bonds is 5. The van der Waals surface area contributed by atoms with E-state index in [1.165, 1.54) is 118 Å². The molecule has 2 heterocycles. The summed E-state index contributed by atoms with van der Waals surface area (Å²) in [6.45, 7) is 9.63. The first kappa shape index (κ1) is 36.8. The van der Waals surface area contributed by atoms with E-state index in [0.29, 0.717) is 0 Å². The normalized spacial score (nSPS) is 14.3. The highest BCUT2D eigenvalue weighted by molar-refractivity contribution is 7.26. The molecular formula is C60H43NS2. The van der Waals surface area contributed by atoms with Crippen LogP contribution in [0.4, 0.5) is 17.1 Å². The third kappa shape index (κ3) is 5.27. The third-order valence-corrected chi connectivity index (χ3v) is 16.6. The summed E-state index contributed by atoms with van der Waals surface area (Å²) in [6.07, 6.45) is 0. The molecule has 0 fully saturated rings. The van der Waals surface area contributed by atoms with Crippen LogP contribution >= 0.6 is 22.7 Å². The van der Waals surface area contributed by atoms with Crippen LogP contribution in [0.15, 0.2) is 188 Å². The first-order valence-corrected chi connectivity index (χ1v) is 23.6. The zero-order valence-electron chi connectivity index (χ0n) is 35.7. The summed E-state index contributed by atoms with van der Waals surface area (Å²) >= 11 is 3.81. The summed E-state index contributed by atoms with van der Waals surface area (Å²) in [5, 5.41) is 5.26. The number of anilines is 3. The second-order valence-corrected chi connectivity index (χ2v) is 20.6. The molecule has 0 saturated carbocycles.